The van der Waals surface area contributed by atoms with E-state index in [1.807, 2.05) is 12.1 Å². The number of carbonyl (C=O) groups is 1. The zero-order chi connectivity index (χ0) is 10.4. The Kier molecular flexibility index (Phi) is 3.60. The maximum absolute atomic E-state index is 10.2. The molecule has 14 heavy (non-hydrogen) atoms. The van der Waals surface area contributed by atoms with Crippen LogP contribution in [0.25, 0.3) is 0 Å². The number of anilines is 2. The van der Waals surface area contributed by atoms with Crippen LogP contribution in [0.15, 0.2) is 24.3 Å². The fourth-order valence-corrected chi connectivity index (χ4v) is 0.996. The van der Waals surface area contributed by atoms with Gasteiger partial charge in [-0.2, -0.15) is 0 Å². The Morgan fingerprint density at radius 2 is 2.29 bits per heavy atom. The van der Waals surface area contributed by atoms with Crippen molar-refractivity contribution in [2.24, 2.45) is 5.73 Å². The van der Waals surface area contributed by atoms with Crippen molar-refractivity contribution in [3.63, 3.8) is 0 Å². The van der Waals surface area contributed by atoms with Gasteiger partial charge in [-0.15, -0.1) is 0 Å². The number of nitrogens with two attached hydrogens (primary N) is 2. The number of amides is 1. The molecule has 0 aromatic heterocycles. The van der Waals surface area contributed by atoms with Gasteiger partial charge in [-0.25, -0.2) is 4.79 Å². The van der Waals surface area contributed by atoms with Crippen LogP contribution in [0.1, 0.15) is 0 Å². The maximum atomic E-state index is 10.2. The summed E-state index contributed by atoms with van der Waals surface area (Å²) in [5.74, 6) is 0. The fourth-order valence-electron chi connectivity index (χ4n) is 0.996. The summed E-state index contributed by atoms with van der Waals surface area (Å²) in [5, 5.41) is 3.03. The van der Waals surface area contributed by atoms with Crippen molar-refractivity contribution in [1.82, 2.24) is 0 Å². The second-order valence-corrected chi connectivity index (χ2v) is 2.72. The summed E-state index contributed by atoms with van der Waals surface area (Å²) >= 11 is 0. The average molecular weight is 195 g/mol. The highest BCUT2D eigenvalue weighted by Gasteiger charge is 1.94. The van der Waals surface area contributed by atoms with E-state index in [9.17, 15) is 4.79 Å². The third kappa shape index (κ3) is 3.66. The van der Waals surface area contributed by atoms with Crippen LogP contribution < -0.4 is 16.8 Å². The van der Waals surface area contributed by atoms with E-state index in [0.29, 0.717) is 12.2 Å². The predicted octanol–water partition coefficient (Wildman–Crippen LogP) is 0.776. The van der Waals surface area contributed by atoms with E-state index in [0.717, 1.165) is 5.69 Å². The Morgan fingerprint density at radius 1 is 1.50 bits per heavy atom. The zero-order valence-electron chi connectivity index (χ0n) is 7.69. The van der Waals surface area contributed by atoms with Crippen LogP contribution in [-0.4, -0.2) is 19.2 Å². The number of hydrogen-bond acceptors (Lipinski definition) is 4. The molecule has 0 heterocycles. The number of carbonyl (C=O) groups excluding carboxylic acids is 1. The molecule has 1 rings (SSSR count). The predicted molar refractivity (Wildman–Crippen MR) is 54.9 cm³/mol. The van der Waals surface area contributed by atoms with E-state index in [1.165, 1.54) is 0 Å². The molecule has 0 aliphatic heterocycles. The van der Waals surface area contributed by atoms with Gasteiger partial charge in [0.05, 0.1) is 0 Å². The molecule has 5 nitrogen and oxygen atoms in total. The van der Waals surface area contributed by atoms with Crippen molar-refractivity contribution in [2.75, 3.05) is 24.2 Å². The van der Waals surface area contributed by atoms with E-state index in [-0.39, 0.29) is 6.61 Å². The van der Waals surface area contributed by atoms with Crippen LogP contribution in [0.3, 0.4) is 0 Å². The molecule has 1 aromatic carbocycles. The van der Waals surface area contributed by atoms with Gasteiger partial charge in [-0.3, -0.25) is 0 Å². The van der Waals surface area contributed by atoms with Crippen molar-refractivity contribution in [2.45, 2.75) is 0 Å². The molecule has 5 heteroatoms. The second kappa shape index (κ2) is 4.96. The molecule has 0 saturated carbocycles. The topological polar surface area (TPSA) is 90.4 Å². The monoisotopic (exact) mass is 195 g/mol. The zero-order valence-corrected chi connectivity index (χ0v) is 7.69. The first-order chi connectivity index (χ1) is 6.68. The first-order valence-electron chi connectivity index (χ1n) is 4.20. The molecule has 0 bridgehead atoms. The molecule has 0 saturated heterocycles. The van der Waals surface area contributed by atoms with Gasteiger partial charge in [0.2, 0.25) is 0 Å². The van der Waals surface area contributed by atoms with Crippen LogP contribution >= 0.6 is 0 Å². The molecule has 0 fully saturated rings. The first kappa shape index (κ1) is 10.2. The summed E-state index contributed by atoms with van der Waals surface area (Å²) in [6.45, 7) is 0.747. The highest BCUT2D eigenvalue weighted by atomic mass is 16.5. The molecule has 0 radical (unpaired) electrons. The van der Waals surface area contributed by atoms with Crippen molar-refractivity contribution >= 4 is 17.5 Å². The van der Waals surface area contributed by atoms with Gasteiger partial charge in [0.1, 0.15) is 6.61 Å². The van der Waals surface area contributed by atoms with E-state index in [2.05, 4.69) is 10.1 Å². The molecule has 0 atom stereocenters. The van der Waals surface area contributed by atoms with Crippen LogP contribution in [-0.2, 0) is 4.74 Å². The maximum Gasteiger partial charge on any atom is 0.404 e. The van der Waals surface area contributed by atoms with E-state index in [4.69, 9.17) is 11.5 Å². The van der Waals surface area contributed by atoms with Gasteiger partial charge in [0.15, 0.2) is 0 Å². The average Bonchev–Trinajstić information content (AvgIpc) is 2.12. The number of nitrogens with one attached hydrogen (secondary N) is 1. The molecule has 0 spiro atoms. The molecular formula is C9H13N3O2. The Balaban J connectivity index is 2.28. The number of ether oxygens (including phenoxy) is 1. The van der Waals surface area contributed by atoms with Crippen molar-refractivity contribution in [3.05, 3.63) is 24.3 Å². The SMILES string of the molecule is NC(=O)OCCNc1cccc(N)c1. The van der Waals surface area contributed by atoms with E-state index in [1.54, 1.807) is 12.1 Å². The number of benzene rings is 1. The number of primary amides is 1. The van der Waals surface area contributed by atoms with Crippen molar-refractivity contribution in [1.29, 1.82) is 0 Å². The smallest absolute Gasteiger partial charge is 0.404 e. The van der Waals surface area contributed by atoms with Crippen molar-refractivity contribution in [3.8, 4) is 0 Å². The molecule has 0 unspecified atom stereocenters. The summed E-state index contributed by atoms with van der Waals surface area (Å²) in [7, 11) is 0. The summed E-state index contributed by atoms with van der Waals surface area (Å²) < 4.78 is 4.54. The largest absolute Gasteiger partial charge is 0.448 e. The van der Waals surface area contributed by atoms with Gasteiger partial charge in [-0.1, -0.05) is 6.07 Å². The van der Waals surface area contributed by atoms with Crippen molar-refractivity contribution < 1.29 is 9.53 Å². The van der Waals surface area contributed by atoms with Gasteiger partial charge in [0.25, 0.3) is 0 Å². The second-order valence-electron chi connectivity index (χ2n) is 2.72. The highest BCUT2D eigenvalue weighted by Crippen LogP contribution is 2.10. The van der Waals surface area contributed by atoms with Gasteiger partial charge < -0.3 is 21.5 Å². The molecule has 0 aliphatic rings. The highest BCUT2D eigenvalue weighted by molar-refractivity contribution is 5.64. The lowest BCUT2D eigenvalue weighted by molar-refractivity contribution is 0.161. The van der Waals surface area contributed by atoms with E-state index < -0.39 is 6.09 Å². The minimum Gasteiger partial charge on any atom is -0.448 e. The lowest BCUT2D eigenvalue weighted by atomic mass is 10.3. The summed E-state index contributed by atoms with van der Waals surface area (Å²) in [4.78, 5) is 10.2. The van der Waals surface area contributed by atoms with Crippen LogP contribution in [0, 0.1) is 0 Å². The Hall–Kier alpha value is -1.91. The Bertz CT molecular complexity index is 315. The number of hydrogen-bond donors (Lipinski definition) is 3. The third-order valence-electron chi connectivity index (χ3n) is 1.56. The Labute approximate surface area is 82.0 Å². The fraction of sp³-hybridized carbons (Fsp3) is 0.222. The summed E-state index contributed by atoms with van der Waals surface area (Å²) in [5.41, 5.74) is 11.9. The number of nitrogen functional groups attached to an aromatic ring is 1. The van der Waals surface area contributed by atoms with E-state index >= 15 is 0 Å². The van der Waals surface area contributed by atoms with Gasteiger partial charge in [0, 0.05) is 17.9 Å². The minimum absolute atomic E-state index is 0.240. The van der Waals surface area contributed by atoms with Crippen LogP contribution in [0.4, 0.5) is 16.2 Å². The molecule has 0 aliphatic carbocycles. The molecule has 1 aromatic rings. The molecule has 1 amide bonds. The quantitative estimate of drug-likeness (QED) is 0.489. The first-order valence-corrected chi connectivity index (χ1v) is 4.20. The van der Waals surface area contributed by atoms with Crippen LogP contribution in [0.5, 0.6) is 0 Å². The minimum atomic E-state index is -0.764. The molecule has 5 N–H and O–H groups in total. The van der Waals surface area contributed by atoms with Crippen LogP contribution in [0.2, 0.25) is 0 Å². The standard InChI is InChI=1S/C9H13N3O2/c10-7-2-1-3-8(6-7)12-4-5-14-9(11)13/h1-3,6,12H,4-5,10H2,(H2,11,13). The summed E-state index contributed by atoms with van der Waals surface area (Å²) in [6, 6.07) is 7.31. The summed E-state index contributed by atoms with van der Waals surface area (Å²) in [6.07, 6.45) is -0.764. The third-order valence-corrected chi connectivity index (χ3v) is 1.56. The lowest BCUT2D eigenvalue weighted by Crippen LogP contribution is -2.18. The number of rotatable bonds is 4. The van der Waals surface area contributed by atoms with Gasteiger partial charge >= 0.3 is 6.09 Å². The van der Waals surface area contributed by atoms with Gasteiger partial charge in [-0.05, 0) is 18.2 Å². The lowest BCUT2D eigenvalue weighted by Gasteiger charge is -2.06. The normalized spacial score (nSPS) is 9.43. The molecule has 76 valence electrons. The molecular weight excluding hydrogens is 182 g/mol. The Morgan fingerprint density at radius 3 is 2.93 bits per heavy atom.